The van der Waals surface area contributed by atoms with Gasteiger partial charge >= 0.3 is 0 Å². The normalized spacial score (nSPS) is 15.6. The molecule has 1 aliphatic rings. The lowest BCUT2D eigenvalue weighted by molar-refractivity contribution is 0.176. The van der Waals surface area contributed by atoms with E-state index < -0.39 is 0 Å². The molecule has 29 heavy (non-hydrogen) atoms. The first-order valence-corrected chi connectivity index (χ1v) is 11.2. The largest absolute Gasteiger partial charge is 0.316 e. The third kappa shape index (κ3) is 5.50. The molecule has 0 saturated carbocycles. The molecule has 0 aliphatic carbocycles. The van der Waals surface area contributed by atoms with Crippen molar-refractivity contribution in [2.24, 2.45) is 5.92 Å². The Balaban J connectivity index is 1.33. The molecule has 152 valence electrons. The minimum absolute atomic E-state index is 0.604. The second kappa shape index (κ2) is 9.15. The Hall–Kier alpha value is -2.09. The number of aromatic nitrogens is 4. The average molecular weight is 429 g/mol. The van der Waals surface area contributed by atoms with Crippen LogP contribution in [0.5, 0.6) is 0 Å². The number of halogens is 1. The van der Waals surface area contributed by atoms with Crippen LogP contribution in [-0.4, -0.2) is 37.9 Å². The monoisotopic (exact) mass is 428 g/mol. The number of nitrogens with one attached hydrogen (secondary N) is 1. The molecule has 0 aromatic carbocycles. The Labute approximate surface area is 180 Å². The molecule has 0 atom stereocenters. The van der Waals surface area contributed by atoms with Gasteiger partial charge in [0.05, 0.1) is 0 Å². The van der Waals surface area contributed by atoms with Gasteiger partial charge in [-0.05, 0) is 51.8 Å². The van der Waals surface area contributed by atoms with Gasteiger partial charge in [-0.3, -0.25) is 4.90 Å². The van der Waals surface area contributed by atoms with Crippen molar-refractivity contribution in [3.8, 4) is 0 Å². The molecule has 1 saturated heterocycles. The van der Waals surface area contributed by atoms with Crippen molar-refractivity contribution in [3.05, 3.63) is 57.7 Å². The van der Waals surface area contributed by atoms with Crippen LogP contribution in [0.1, 0.15) is 35.6 Å². The van der Waals surface area contributed by atoms with Crippen molar-refractivity contribution >= 4 is 33.9 Å². The second-order valence-corrected chi connectivity index (χ2v) is 8.85. The van der Waals surface area contributed by atoms with Gasteiger partial charge in [-0.1, -0.05) is 17.7 Å². The van der Waals surface area contributed by atoms with E-state index in [2.05, 4.69) is 31.2 Å². The van der Waals surface area contributed by atoms with Crippen molar-refractivity contribution in [1.29, 1.82) is 0 Å². The van der Waals surface area contributed by atoms with Gasteiger partial charge in [-0.15, -0.1) is 11.3 Å². The van der Waals surface area contributed by atoms with E-state index in [0.29, 0.717) is 11.1 Å². The van der Waals surface area contributed by atoms with E-state index in [0.717, 1.165) is 72.6 Å². The molecule has 6 nitrogen and oxygen atoms in total. The Morgan fingerprint density at radius 3 is 2.69 bits per heavy atom. The van der Waals surface area contributed by atoms with Crippen LogP contribution < -0.4 is 5.32 Å². The molecule has 1 fully saturated rings. The van der Waals surface area contributed by atoms with Crippen molar-refractivity contribution in [1.82, 2.24) is 24.8 Å². The fourth-order valence-electron chi connectivity index (χ4n) is 3.70. The Morgan fingerprint density at radius 2 is 1.97 bits per heavy atom. The highest BCUT2D eigenvalue weighted by Gasteiger charge is 2.21. The van der Waals surface area contributed by atoms with Gasteiger partial charge in [-0.25, -0.2) is 19.9 Å². The molecule has 3 aromatic heterocycles. The number of piperidine rings is 1. The number of pyridine rings is 1. The summed E-state index contributed by atoms with van der Waals surface area (Å²) >= 11 is 7.87. The molecule has 4 heterocycles. The van der Waals surface area contributed by atoms with Gasteiger partial charge in [0.2, 0.25) is 0 Å². The summed E-state index contributed by atoms with van der Waals surface area (Å²) in [6.07, 6.45) is 4.98. The van der Waals surface area contributed by atoms with E-state index in [9.17, 15) is 0 Å². The van der Waals surface area contributed by atoms with E-state index in [1.807, 2.05) is 31.4 Å². The van der Waals surface area contributed by atoms with Crippen LogP contribution in [0.15, 0.2) is 29.8 Å². The highest BCUT2D eigenvalue weighted by molar-refractivity contribution is 7.13. The lowest BCUT2D eigenvalue weighted by Crippen LogP contribution is -2.34. The predicted molar refractivity (Wildman–Crippen MR) is 118 cm³/mol. The quantitative estimate of drug-likeness (QED) is 0.569. The molecular formula is C21H25ClN6S. The first-order chi connectivity index (χ1) is 14.0. The summed E-state index contributed by atoms with van der Waals surface area (Å²) < 4.78 is 0. The second-order valence-electron chi connectivity index (χ2n) is 7.60. The minimum atomic E-state index is 0.604. The zero-order chi connectivity index (χ0) is 20.2. The number of hydrogen-bond donors (Lipinski definition) is 1. The number of rotatable bonds is 6. The third-order valence-electron chi connectivity index (χ3n) is 5.21. The fourth-order valence-corrected chi connectivity index (χ4v) is 4.49. The first kappa shape index (κ1) is 20.2. The van der Waals surface area contributed by atoms with Crippen molar-refractivity contribution < 1.29 is 0 Å². The summed E-state index contributed by atoms with van der Waals surface area (Å²) in [5, 5.41) is 6.70. The van der Waals surface area contributed by atoms with Crippen LogP contribution in [0.25, 0.3) is 0 Å². The molecular weight excluding hydrogens is 404 g/mol. The number of hydrogen-bond acceptors (Lipinski definition) is 7. The maximum atomic E-state index is 6.30. The average Bonchev–Trinajstić information content (AvgIpc) is 3.18. The predicted octanol–water partition coefficient (Wildman–Crippen LogP) is 4.80. The van der Waals surface area contributed by atoms with Crippen LogP contribution in [-0.2, 0) is 13.0 Å². The summed E-state index contributed by atoms with van der Waals surface area (Å²) in [7, 11) is 0. The van der Waals surface area contributed by atoms with Crippen molar-refractivity contribution in [3.63, 3.8) is 0 Å². The SMILES string of the molecule is Cc1cc(Nc2nccs2)nc(CC2CCN(Cc3ccc(C)nc3Cl)CC2)n1. The van der Waals surface area contributed by atoms with Gasteiger partial charge < -0.3 is 5.32 Å². The number of nitrogens with zero attached hydrogens (tertiary/aromatic N) is 5. The van der Waals surface area contributed by atoms with E-state index in [1.165, 1.54) is 0 Å². The van der Waals surface area contributed by atoms with Crippen LogP contribution in [0.3, 0.4) is 0 Å². The zero-order valence-corrected chi connectivity index (χ0v) is 18.3. The van der Waals surface area contributed by atoms with E-state index in [4.69, 9.17) is 16.6 Å². The van der Waals surface area contributed by atoms with E-state index in [1.54, 1.807) is 17.5 Å². The van der Waals surface area contributed by atoms with E-state index >= 15 is 0 Å². The molecule has 0 bridgehead atoms. The van der Waals surface area contributed by atoms with Crippen molar-refractivity contribution in [2.75, 3.05) is 18.4 Å². The van der Waals surface area contributed by atoms with Gasteiger partial charge in [0, 0.05) is 47.6 Å². The van der Waals surface area contributed by atoms with Gasteiger partial charge in [0.15, 0.2) is 5.13 Å². The van der Waals surface area contributed by atoms with Crippen LogP contribution >= 0.6 is 22.9 Å². The highest BCUT2D eigenvalue weighted by Crippen LogP contribution is 2.25. The molecule has 3 aromatic rings. The molecule has 0 amide bonds. The lowest BCUT2D eigenvalue weighted by atomic mass is 9.93. The topological polar surface area (TPSA) is 66.8 Å². The standard InChI is InChI=1S/C21H25ClN6S/c1-14-3-4-17(20(22)25-14)13-28-8-5-16(6-9-28)12-19-24-15(2)11-18(26-19)27-21-23-7-10-29-21/h3-4,7,10-11,16H,5-6,8-9,12-13H2,1-2H3,(H,23,24,26,27). The van der Waals surface area contributed by atoms with E-state index in [-0.39, 0.29) is 0 Å². The summed E-state index contributed by atoms with van der Waals surface area (Å²) in [4.78, 5) is 20.5. The lowest BCUT2D eigenvalue weighted by Gasteiger charge is -2.31. The summed E-state index contributed by atoms with van der Waals surface area (Å²) in [5.41, 5.74) is 3.04. The van der Waals surface area contributed by atoms with Gasteiger partial charge in [0.25, 0.3) is 0 Å². The van der Waals surface area contributed by atoms with Gasteiger partial charge in [-0.2, -0.15) is 0 Å². The number of aryl methyl sites for hydroxylation is 2. The number of likely N-dealkylation sites (tertiary alicyclic amines) is 1. The van der Waals surface area contributed by atoms with Crippen LogP contribution in [0, 0.1) is 19.8 Å². The molecule has 1 N–H and O–H groups in total. The highest BCUT2D eigenvalue weighted by atomic mass is 35.5. The molecule has 0 radical (unpaired) electrons. The maximum absolute atomic E-state index is 6.30. The Kier molecular flexibility index (Phi) is 6.37. The van der Waals surface area contributed by atoms with Gasteiger partial charge in [0.1, 0.15) is 16.8 Å². The van der Waals surface area contributed by atoms with Crippen molar-refractivity contribution in [2.45, 2.75) is 39.7 Å². The molecule has 0 unspecified atom stereocenters. The summed E-state index contributed by atoms with van der Waals surface area (Å²) in [5.74, 6) is 2.34. The molecule has 0 spiro atoms. The van der Waals surface area contributed by atoms with Crippen LogP contribution in [0.4, 0.5) is 10.9 Å². The smallest absolute Gasteiger partial charge is 0.188 e. The minimum Gasteiger partial charge on any atom is -0.316 e. The first-order valence-electron chi connectivity index (χ1n) is 9.90. The number of anilines is 2. The Bertz CT molecular complexity index is 954. The summed E-state index contributed by atoms with van der Waals surface area (Å²) in [6.45, 7) is 6.96. The fraction of sp³-hybridized carbons (Fsp3) is 0.429. The molecule has 8 heteroatoms. The molecule has 1 aliphatic heterocycles. The number of thiazole rings is 1. The third-order valence-corrected chi connectivity index (χ3v) is 6.22. The Morgan fingerprint density at radius 1 is 1.14 bits per heavy atom. The molecule has 4 rings (SSSR count). The summed E-state index contributed by atoms with van der Waals surface area (Å²) in [6, 6.07) is 6.08. The van der Waals surface area contributed by atoms with Crippen LogP contribution in [0.2, 0.25) is 5.15 Å². The maximum Gasteiger partial charge on any atom is 0.188 e. The zero-order valence-electron chi connectivity index (χ0n) is 16.7.